The monoisotopic (exact) mass is 605 g/mol. The maximum atomic E-state index is 12.2. The number of hydrogen-bond acceptors (Lipinski definition) is 9. The van der Waals surface area contributed by atoms with Gasteiger partial charge in [-0.25, -0.2) is 0 Å². The number of carbonyl (C=O) groups is 1. The molecular formula is C24H31NOS8. The van der Waals surface area contributed by atoms with Gasteiger partial charge in [0, 0.05) is 13.0 Å². The summed E-state index contributed by atoms with van der Waals surface area (Å²) in [7, 11) is 0. The van der Waals surface area contributed by atoms with Crippen molar-refractivity contribution in [2.75, 3.05) is 31.1 Å². The Hall–Kier alpha value is 0.710. The first-order chi connectivity index (χ1) is 16.5. The van der Waals surface area contributed by atoms with Crippen LogP contribution in [0.15, 0.2) is 55.8 Å². The van der Waals surface area contributed by atoms with Crippen molar-refractivity contribution < 1.29 is 4.79 Å². The van der Waals surface area contributed by atoms with Crippen LogP contribution in [0, 0.1) is 0 Å². The molecule has 3 rings (SSSR count). The van der Waals surface area contributed by atoms with Crippen LogP contribution < -0.4 is 5.32 Å². The molecule has 1 aromatic rings. The summed E-state index contributed by atoms with van der Waals surface area (Å²) in [6.45, 7) is 2.87. The summed E-state index contributed by atoms with van der Waals surface area (Å²) in [6, 6.07) is 10.4. The molecule has 10 heteroatoms. The van der Waals surface area contributed by atoms with Crippen LogP contribution in [0.2, 0.25) is 0 Å². The van der Waals surface area contributed by atoms with Gasteiger partial charge in [-0.2, -0.15) is 0 Å². The highest BCUT2D eigenvalue weighted by Crippen LogP contribution is 2.65. The largest absolute Gasteiger partial charge is 0.356 e. The lowest BCUT2D eigenvalue weighted by Crippen LogP contribution is -2.27. The third kappa shape index (κ3) is 8.92. The average Bonchev–Trinajstić information content (AvgIpc) is 3.48. The molecule has 0 saturated carbocycles. The minimum Gasteiger partial charge on any atom is -0.356 e. The fourth-order valence-corrected chi connectivity index (χ4v) is 14.0. The predicted octanol–water partition coefficient (Wildman–Crippen LogP) is 9.63. The Labute approximate surface area is 239 Å². The fourth-order valence-electron chi connectivity index (χ4n) is 3.16. The van der Waals surface area contributed by atoms with Crippen molar-refractivity contribution >= 4 is 100 Å². The van der Waals surface area contributed by atoms with Gasteiger partial charge in [0.2, 0.25) is 5.91 Å². The number of nitrogens with one attached hydrogen (secondary N) is 1. The summed E-state index contributed by atoms with van der Waals surface area (Å²) in [5, 5.41) is 3.10. The minimum atomic E-state index is 0.177. The van der Waals surface area contributed by atoms with Gasteiger partial charge in [0.25, 0.3) is 0 Å². The molecule has 0 fully saturated rings. The molecule has 2 nitrogen and oxygen atoms in total. The van der Waals surface area contributed by atoms with Crippen molar-refractivity contribution in [1.82, 2.24) is 5.32 Å². The van der Waals surface area contributed by atoms with E-state index in [2.05, 4.69) is 55.3 Å². The lowest BCUT2D eigenvalue weighted by Gasteiger charge is -2.13. The number of benzene rings is 1. The Morgan fingerprint density at radius 3 is 1.97 bits per heavy atom. The zero-order chi connectivity index (χ0) is 24.3. The summed E-state index contributed by atoms with van der Waals surface area (Å²) >= 11 is 15.3. The molecule has 1 amide bonds. The smallest absolute Gasteiger partial charge is 0.220 e. The van der Waals surface area contributed by atoms with E-state index < -0.39 is 0 Å². The number of hydrogen-bond donors (Lipinski definition) is 1. The van der Waals surface area contributed by atoms with Crippen LogP contribution in [0.25, 0.3) is 0 Å². The summed E-state index contributed by atoms with van der Waals surface area (Å²) in [5.74, 6) is 1.64. The fraction of sp³-hybridized carbons (Fsp3) is 0.458. The Morgan fingerprint density at radius 1 is 0.824 bits per heavy atom. The third-order valence-electron chi connectivity index (χ3n) is 5.05. The Bertz CT molecular complexity index is 910. The third-order valence-corrected chi connectivity index (χ3v) is 16.3. The Balaban J connectivity index is 1.32. The molecule has 0 saturated heterocycles. The lowest BCUT2D eigenvalue weighted by atomic mass is 10.0. The van der Waals surface area contributed by atoms with E-state index in [0.29, 0.717) is 18.9 Å². The zero-order valence-electron chi connectivity index (χ0n) is 19.9. The number of carbonyl (C=O) groups excluding carboxylic acids is 1. The molecule has 0 spiro atoms. The van der Waals surface area contributed by atoms with Crippen LogP contribution in [0.5, 0.6) is 0 Å². The molecule has 2 heterocycles. The molecule has 0 aliphatic carbocycles. The van der Waals surface area contributed by atoms with Gasteiger partial charge in [0.05, 0.1) is 25.4 Å². The van der Waals surface area contributed by atoms with Gasteiger partial charge in [-0.05, 0) is 48.8 Å². The van der Waals surface area contributed by atoms with Gasteiger partial charge >= 0.3 is 0 Å². The molecule has 1 unspecified atom stereocenters. The van der Waals surface area contributed by atoms with E-state index in [1.54, 1.807) is 0 Å². The van der Waals surface area contributed by atoms with E-state index in [0.717, 1.165) is 25.0 Å². The Morgan fingerprint density at radius 2 is 1.38 bits per heavy atom. The van der Waals surface area contributed by atoms with E-state index in [4.69, 9.17) is 0 Å². The van der Waals surface area contributed by atoms with Crippen molar-refractivity contribution in [2.45, 2.75) is 38.5 Å². The van der Waals surface area contributed by atoms with Gasteiger partial charge in [0.1, 0.15) is 0 Å². The second-order valence-electron chi connectivity index (χ2n) is 7.52. The normalized spacial score (nSPS) is 17.2. The highest BCUT2D eigenvalue weighted by atomic mass is 32.3. The van der Waals surface area contributed by atoms with Gasteiger partial charge < -0.3 is 5.32 Å². The average molecular weight is 606 g/mol. The second-order valence-corrected chi connectivity index (χ2v) is 16.7. The molecule has 1 N–H and O–H groups in total. The first-order valence-corrected chi connectivity index (χ1v) is 19.0. The van der Waals surface area contributed by atoms with Crippen LogP contribution in [0.4, 0.5) is 0 Å². The number of amides is 1. The topological polar surface area (TPSA) is 29.1 Å². The molecule has 1 atom stereocenters. The minimum absolute atomic E-state index is 0.177. The van der Waals surface area contributed by atoms with Gasteiger partial charge in [-0.1, -0.05) is 90.7 Å². The highest BCUT2D eigenvalue weighted by Gasteiger charge is 2.29. The quantitative estimate of drug-likeness (QED) is 0.221. The van der Waals surface area contributed by atoms with Crippen molar-refractivity contribution in [1.29, 1.82) is 0 Å². The summed E-state index contributed by atoms with van der Waals surface area (Å²) in [6.07, 6.45) is 10.4. The molecule has 34 heavy (non-hydrogen) atoms. The van der Waals surface area contributed by atoms with Crippen molar-refractivity contribution in [2.24, 2.45) is 0 Å². The molecule has 186 valence electrons. The summed E-state index contributed by atoms with van der Waals surface area (Å²) < 4.78 is 8.65. The van der Waals surface area contributed by atoms with E-state index in [-0.39, 0.29) is 5.91 Å². The zero-order valence-corrected chi connectivity index (χ0v) is 26.4. The second kappa shape index (κ2) is 15.8. The van der Waals surface area contributed by atoms with E-state index >= 15 is 0 Å². The Kier molecular flexibility index (Phi) is 13.6. The van der Waals surface area contributed by atoms with Gasteiger partial charge in [-0.15, -0.1) is 47.0 Å². The van der Waals surface area contributed by atoms with Gasteiger partial charge in [0.15, 0.2) is 0 Å². The molecule has 2 aliphatic rings. The maximum absolute atomic E-state index is 12.2. The van der Waals surface area contributed by atoms with Crippen molar-refractivity contribution in [3.05, 3.63) is 61.3 Å². The molecule has 0 radical (unpaired) electrons. The molecule has 1 aromatic carbocycles. The summed E-state index contributed by atoms with van der Waals surface area (Å²) in [5.41, 5.74) is 1.27. The van der Waals surface area contributed by atoms with Crippen LogP contribution in [-0.2, 0) is 4.79 Å². The predicted molar refractivity (Wildman–Crippen MR) is 171 cm³/mol. The molecule has 0 bridgehead atoms. The van der Waals surface area contributed by atoms with Gasteiger partial charge in [-0.3, -0.25) is 4.79 Å². The SMILES string of the molecule is CSC1=C(SC)SC(=C2SC(SC)=C(SCCCCCC(=O)NCC(C)c3ccccc3)S2)S1. The molecule has 0 aromatic heterocycles. The number of rotatable bonds is 13. The van der Waals surface area contributed by atoms with Crippen LogP contribution in [-0.4, -0.2) is 37.0 Å². The van der Waals surface area contributed by atoms with Crippen LogP contribution in [0.1, 0.15) is 44.1 Å². The van der Waals surface area contributed by atoms with E-state index in [9.17, 15) is 4.79 Å². The van der Waals surface area contributed by atoms with E-state index in [1.165, 1.54) is 31.0 Å². The molecule has 2 aliphatic heterocycles. The summed E-state index contributed by atoms with van der Waals surface area (Å²) in [4.78, 5) is 12.2. The highest BCUT2D eigenvalue weighted by molar-refractivity contribution is 8.44. The van der Waals surface area contributed by atoms with Crippen molar-refractivity contribution in [3.63, 3.8) is 0 Å². The number of unbranched alkanes of at least 4 members (excludes halogenated alkanes) is 2. The maximum Gasteiger partial charge on any atom is 0.220 e. The first kappa shape index (κ1) is 29.3. The van der Waals surface area contributed by atoms with E-state index in [1.807, 2.05) is 100 Å². The first-order valence-electron chi connectivity index (χ1n) is 11.1. The van der Waals surface area contributed by atoms with Crippen molar-refractivity contribution in [3.8, 4) is 0 Å². The lowest BCUT2D eigenvalue weighted by molar-refractivity contribution is -0.121. The van der Waals surface area contributed by atoms with Crippen LogP contribution in [0.3, 0.4) is 0 Å². The van der Waals surface area contributed by atoms with Crippen LogP contribution >= 0.6 is 94.1 Å². The number of thioether (sulfide) groups is 8. The standard InChI is InChI=1S/C24H31NOS8/c1-16(17-11-7-5-8-12-17)15-25-18(26)13-9-6-10-14-30-22-21(29-4)33-24(34-22)23-31-19(27-2)20(28-3)32-23/h5,7-8,11-12,16H,6,9-10,13-15H2,1-4H3,(H,25,26). The molecular weight excluding hydrogens is 575 g/mol.